The molecule has 0 saturated carbocycles. The lowest BCUT2D eigenvalue weighted by atomic mass is 10.0. The van der Waals surface area contributed by atoms with Gasteiger partial charge >= 0.3 is 11.9 Å². The Bertz CT molecular complexity index is 1720. The Morgan fingerprint density at radius 3 is 1.72 bits per heavy atom. The van der Waals surface area contributed by atoms with Gasteiger partial charge in [0.2, 0.25) is 0 Å². The van der Waals surface area contributed by atoms with Crippen molar-refractivity contribution in [3.63, 3.8) is 0 Å². The number of hydrogen-bond donors (Lipinski definition) is 4. The summed E-state index contributed by atoms with van der Waals surface area (Å²) in [6.07, 6.45) is 0.527. The number of amides is 1. The maximum Gasteiger partial charge on any atom is 0.336 e. The van der Waals surface area contributed by atoms with Gasteiger partial charge in [-0.3, -0.25) is 35.3 Å². The monoisotopic (exact) mass is 586 g/mol. The molecule has 14 heteroatoms. The highest BCUT2D eigenvalue weighted by atomic mass is 16.6. The quantitative estimate of drug-likeness (QED) is 0.124. The van der Waals surface area contributed by atoms with E-state index >= 15 is 0 Å². The Balaban J connectivity index is 1.34. The van der Waals surface area contributed by atoms with E-state index in [0.717, 1.165) is 47.5 Å². The zero-order valence-electron chi connectivity index (χ0n) is 22.1. The number of carbonyl (C=O) groups is 3. The molecule has 0 aromatic heterocycles. The lowest BCUT2D eigenvalue weighted by molar-refractivity contribution is -0.385. The normalized spacial score (nSPS) is 10.5. The summed E-state index contributed by atoms with van der Waals surface area (Å²) in [7, 11) is 0. The first-order valence-electron chi connectivity index (χ1n) is 12.4. The van der Waals surface area contributed by atoms with E-state index in [2.05, 4.69) is 10.8 Å². The Kier molecular flexibility index (Phi) is 9.02. The second-order valence-corrected chi connectivity index (χ2v) is 9.11. The third kappa shape index (κ3) is 7.53. The summed E-state index contributed by atoms with van der Waals surface area (Å²) >= 11 is 0. The Morgan fingerprint density at radius 2 is 1.19 bits per heavy atom. The molecule has 4 aromatic carbocycles. The molecule has 4 rings (SSSR count). The molecule has 0 aliphatic rings. The molecule has 0 saturated heterocycles. The van der Waals surface area contributed by atoms with Crippen molar-refractivity contribution in [1.82, 2.24) is 0 Å². The van der Waals surface area contributed by atoms with E-state index in [9.17, 15) is 44.8 Å². The number of anilines is 2. The van der Waals surface area contributed by atoms with Crippen LogP contribution in [0.25, 0.3) is 0 Å². The van der Waals surface area contributed by atoms with E-state index in [0.29, 0.717) is 17.8 Å². The summed E-state index contributed by atoms with van der Waals surface area (Å²) < 4.78 is 0. The van der Waals surface area contributed by atoms with E-state index in [1.54, 1.807) is 36.4 Å². The van der Waals surface area contributed by atoms with Crippen molar-refractivity contribution in [1.29, 1.82) is 0 Å². The van der Waals surface area contributed by atoms with E-state index in [1.807, 2.05) is 12.1 Å². The summed E-state index contributed by atoms with van der Waals surface area (Å²) in [5.41, 5.74) is 4.09. The maximum atomic E-state index is 12.7. The average molecular weight is 587 g/mol. The molecule has 218 valence electrons. The van der Waals surface area contributed by atoms with Crippen LogP contribution in [0.1, 0.15) is 47.8 Å². The zero-order valence-corrected chi connectivity index (χ0v) is 22.1. The molecule has 0 fully saturated rings. The highest BCUT2D eigenvalue weighted by Crippen LogP contribution is 2.22. The fourth-order valence-corrected chi connectivity index (χ4v) is 4.07. The molecule has 0 aliphatic heterocycles. The maximum absolute atomic E-state index is 12.7. The fraction of sp³-hybridized carbons (Fsp3) is 0.0690. The van der Waals surface area contributed by atoms with Crippen LogP contribution in [0.15, 0.2) is 84.9 Å². The Morgan fingerprint density at radius 1 is 0.674 bits per heavy atom. The molecule has 0 aliphatic carbocycles. The number of non-ortho nitro benzene ring substituents is 2. The van der Waals surface area contributed by atoms with Gasteiger partial charge in [0.25, 0.3) is 17.3 Å². The lowest BCUT2D eigenvalue weighted by Gasteiger charge is -2.10. The first kappa shape index (κ1) is 29.8. The molecule has 0 heterocycles. The zero-order chi connectivity index (χ0) is 31.1. The topological polar surface area (TPSA) is 211 Å². The number of nitrogens with zero attached hydrogens (tertiary/aromatic N) is 2. The third-order valence-corrected chi connectivity index (χ3v) is 6.21. The van der Waals surface area contributed by atoms with E-state index in [4.69, 9.17) is 4.84 Å². The van der Waals surface area contributed by atoms with Crippen molar-refractivity contribution < 1.29 is 39.3 Å². The number of nitro groups is 2. The molecule has 4 aromatic rings. The van der Waals surface area contributed by atoms with Crippen molar-refractivity contribution in [3.05, 3.63) is 139 Å². The predicted octanol–water partition coefficient (Wildman–Crippen LogP) is 5.29. The van der Waals surface area contributed by atoms with Gasteiger partial charge in [0.1, 0.15) is 6.61 Å². The first-order valence-corrected chi connectivity index (χ1v) is 12.4. The largest absolute Gasteiger partial charge is 0.478 e. The summed E-state index contributed by atoms with van der Waals surface area (Å²) in [6.45, 7) is -0.229. The molecular weight excluding hydrogens is 564 g/mol. The van der Waals surface area contributed by atoms with Gasteiger partial charge in [-0.2, -0.15) is 0 Å². The number of aromatic carboxylic acids is 2. The number of benzene rings is 4. The highest BCUT2D eigenvalue weighted by Gasteiger charge is 2.21. The second-order valence-electron chi connectivity index (χ2n) is 9.11. The van der Waals surface area contributed by atoms with Crippen LogP contribution in [0.3, 0.4) is 0 Å². The number of hydrogen-bond acceptors (Lipinski definition) is 9. The Hall–Kier alpha value is -6.15. The van der Waals surface area contributed by atoms with Crippen LogP contribution < -0.4 is 10.8 Å². The first-order chi connectivity index (χ1) is 20.5. The van der Waals surface area contributed by atoms with Gasteiger partial charge in [-0.1, -0.05) is 24.3 Å². The van der Waals surface area contributed by atoms with Crippen molar-refractivity contribution in [3.8, 4) is 0 Å². The second kappa shape index (κ2) is 13.0. The molecule has 0 bridgehead atoms. The van der Waals surface area contributed by atoms with Crippen LogP contribution in [0.2, 0.25) is 0 Å². The molecule has 0 unspecified atom stereocenters. The molecular formula is C29H22N4O10. The SMILES string of the molecule is O=C(O)c1ccc([N+](=O)[O-])cc1CONc1ccc(Cc2ccc(NC(=O)c3cc([N+](=O)[O-])ccc3C(=O)O)cc2)cc1. The lowest BCUT2D eigenvalue weighted by Crippen LogP contribution is -2.16. The van der Waals surface area contributed by atoms with Gasteiger partial charge in [0.15, 0.2) is 0 Å². The van der Waals surface area contributed by atoms with E-state index in [1.165, 1.54) is 0 Å². The smallest absolute Gasteiger partial charge is 0.336 e. The standard InChI is InChI=1S/C29H22N4O10/c34-27(26-15-23(33(41)42)10-12-25(26)29(37)38)30-20-5-1-17(2-6-20)13-18-3-7-21(8-4-18)31-43-16-19-14-22(32(39)40)9-11-24(19)28(35)36/h1-12,14-15,31H,13,16H2,(H,30,34)(H,35,36)(H,37,38). The third-order valence-electron chi connectivity index (χ3n) is 6.21. The molecule has 0 spiro atoms. The fourth-order valence-electron chi connectivity index (χ4n) is 4.07. The van der Waals surface area contributed by atoms with Crippen molar-refractivity contribution in [2.24, 2.45) is 0 Å². The molecule has 14 nitrogen and oxygen atoms in total. The van der Waals surface area contributed by atoms with E-state index in [-0.39, 0.29) is 34.5 Å². The van der Waals surface area contributed by atoms with Crippen LogP contribution in [0, 0.1) is 20.2 Å². The highest BCUT2D eigenvalue weighted by molar-refractivity contribution is 6.11. The number of carbonyl (C=O) groups excluding carboxylic acids is 1. The van der Waals surface area contributed by atoms with Crippen LogP contribution in [0.5, 0.6) is 0 Å². The number of nitrogens with one attached hydrogen (secondary N) is 2. The molecule has 1 amide bonds. The molecule has 4 N–H and O–H groups in total. The number of carboxylic acid groups (broad SMARTS) is 2. The van der Waals surface area contributed by atoms with Gasteiger partial charge in [-0.25, -0.2) is 9.59 Å². The molecule has 0 atom stereocenters. The summed E-state index contributed by atoms with van der Waals surface area (Å²) in [5, 5.41) is 43.3. The summed E-state index contributed by atoms with van der Waals surface area (Å²) in [5.74, 6) is -3.43. The number of rotatable bonds is 12. The van der Waals surface area contributed by atoms with Crippen molar-refractivity contribution >= 4 is 40.6 Å². The average Bonchev–Trinajstić information content (AvgIpc) is 2.98. The van der Waals surface area contributed by atoms with Gasteiger partial charge in [0.05, 0.1) is 32.2 Å². The van der Waals surface area contributed by atoms with Crippen LogP contribution in [0.4, 0.5) is 22.7 Å². The van der Waals surface area contributed by atoms with Crippen molar-refractivity contribution in [2.45, 2.75) is 13.0 Å². The predicted molar refractivity (Wildman–Crippen MR) is 152 cm³/mol. The summed E-state index contributed by atoms with van der Waals surface area (Å²) in [6, 6.07) is 20.2. The molecule has 0 radical (unpaired) electrons. The van der Waals surface area contributed by atoms with E-state index < -0.39 is 33.4 Å². The van der Waals surface area contributed by atoms with Gasteiger partial charge in [0, 0.05) is 35.5 Å². The number of carboxylic acids is 2. The summed E-state index contributed by atoms with van der Waals surface area (Å²) in [4.78, 5) is 61.7. The van der Waals surface area contributed by atoms with Crippen LogP contribution in [-0.4, -0.2) is 37.9 Å². The van der Waals surface area contributed by atoms with Gasteiger partial charge < -0.3 is 15.5 Å². The van der Waals surface area contributed by atoms with Gasteiger partial charge in [-0.15, -0.1) is 0 Å². The Labute approximate surface area is 242 Å². The minimum atomic E-state index is -1.39. The van der Waals surface area contributed by atoms with Crippen LogP contribution >= 0.6 is 0 Å². The van der Waals surface area contributed by atoms with Crippen LogP contribution in [-0.2, 0) is 17.9 Å². The minimum absolute atomic E-state index is 0.109. The molecule has 43 heavy (non-hydrogen) atoms. The minimum Gasteiger partial charge on any atom is -0.478 e. The van der Waals surface area contributed by atoms with Gasteiger partial charge in [-0.05, 0) is 53.9 Å². The number of nitro benzene ring substituents is 2. The van der Waals surface area contributed by atoms with Crippen molar-refractivity contribution in [2.75, 3.05) is 10.8 Å².